The van der Waals surface area contributed by atoms with Crippen molar-refractivity contribution in [2.45, 2.75) is 25.8 Å². The van der Waals surface area contributed by atoms with Crippen molar-refractivity contribution in [3.05, 3.63) is 48.7 Å². The van der Waals surface area contributed by atoms with Gasteiger partial charge in [0.05, 0.1) is 17.9 Å². The number of hydrogen-bond acceptors (Lipinski definition) is 5. The Morgan fingerprint density at radius 2 is 2.00 bits per heavy atom. The van der Waals surface area contributed by atoms with Crippen molar-refractivity contribution in [1.82, 2.24) is 19.9 Å². The van der Waals surface area contributed by atoms with Crippen LogP contribution in [0.15, 0.2) is 43.0 Å². The van der Waals surface area contributed by atoms with E-state index in [9.17, 15) is 4.79 Å². The number of pyridine rings is 1. The smallest absolute Gasteiger partial charge is 0.226 e. The van der Waals surface area contributed by atoms with E-state index < -0.39 is 0 Å². The van der Waals surface area contributed by atoms with Gasteiger partial charge in [-0.2, -0.15) is 0 Å². The van der Waals surface area contributed by atoms with E-state index >= 15 is 0 Å². The van der Waals surface area contributed by atoms with Crippen molar-refractivity contribution in [3.63, 3.8) is 0 Å². The summed E-state index contributed by atoms with van der Waals surface area (Å²) >= 11 is 0. The van der Waals surface area contributed by atoms with Crippen LogP contribution in [0.4, 0.5) is 5.82 Å². The van der Waals surface area contributed by atoms with Crippen molar-refractivity contribution in [2.24, 2.45) is 5.92 Å². The average Bonchev–Trinajstić information content (AvgIpc) is 2.68. The van der Waals surface area contributed by atoms with Gasteiger partial charge in [-0.3, -0.25) is 14.8 Å². The third-order valence-corrected chi connectivity index (χ3v) is 4.76. The van der Waals surface area contributed by atoms with E-state index in [1.54, 1.807) is 24.8 Å². The summed E-state index contributed by atoms with van der Waals surface area (Å²) in [5.74, 6) is 1.15. The molecule has 1 fully saturated rings. The summed E-state index contributed by atoms with van der Waals surface area (Å²) in [4.78, 5) is 29.6. The molecule has 0 aliphatic carbocycles. The summed E-state index contributed by atoms with van der Waals surface area (Å²) in [6.45, 7) is 3.69. The summed E-state index contributed by atoms with van der Waals surface area (Å²) in [5, 5.41) is 0. The molecule has 0 saturated carbocycles. The largest absolute Gasteiger partial charge is 0.355 e. The number of carbonyl (C=O) groups is 1. The highest BCUT2D eigenvalue weighted by atomic mass is 16.2. The van der Waals surface area contributed by atoms with E-state index in [0.29, 0.717) is 0 Å². The number of rotatable bonds is 4. The molecule has 2 aromatic heterocycles. The molecule has 1 amide bonds. The Morgan fingerprint density at radius 1 is 1.21 bits per heavy atom. The second-order valence-corrected chi connectivity index (χ2v) is 6.20. The average molecular weight is 325 g/mol. The lowest BCUT2D eigenvalue weighted by Gasteiger charge is -2.35. The third-order valence-electron chi connectivity index (χ3n) is 4.76. The van der Waals surface area contributed by atoms with E-state index in [2.05, 4.69) is 19.9 Å². The monoisotopic (exact) mass is 325 g/mol. The van der Waals surface area contributed by atoms with E-state index in [0.717, 1.165) is 37.4 Å². The Bertz CT molecular complexity index is 656. The van der Waals surface area contributed by atoms with Gasteiger partial charge in [-0.15, -0.1) is 0 Å². The predicted octanol–water partition coefficient (Wildman–Crippen LogP) is 2.31. The number of hydrogen-bond donors (Lipinski definition) is 0. The number of piperidine rings is 1. The van der Waals surface area contributed by atoms with Gasteiger partial charge in [-0.1, -0.05) is 6.07 Å². The van der Waals surface area contributed by atoms with Crippen LogP contribution in [-0.2, 0) is 4.79 Å². The normalized spacial score (nSPS) is 16.7. The zero-order chi connectivity index (χ0) is 16.9. The maximum absolute atomic E-state index is 12.8. The first-order valence-electron chi connectivity index (χ1n) is 8.35. The lowest BCUT2D eigenvalue weighted by molar-refractivity contribution is -0.136. The predicted molar refractivity (Wildman–Crippen MR) is 92.4 cm³/mol. The molecule has 3 rings (SSSR count). The third kappa shape index (κ3) is 3.53. The second kappa shape index (κ2) is 7.38. The van der Waals surface area contributed by atoms with Crippen LogP contribution in [-0.4, -0.2) is 45.9 Å². The Labute approximate surface area is 142 Å². The summed E-state index contributed by atoms with van der Waals surface area (Å²) in [6.07, 6.45) is 8.60. The Kier molecular flexibility index (Phi) is 5.03. The first-order chi connectivity index (χ1) is 11.7. The van der Waals surface area contributed by atoms with Gasteiger partial charge in [0.1, 0.15) is 5.82 Å². The van der Waals surface area contributed by atoms with Gasteiger partial charge in [0.25, 0.3) is 0 Å². The molecule has 1 aliphatic rings. The number of aromatic nitrogens is 3. The van der Waals surface area contributed by atoms with Crippen molar-refractivity contribution >= 4 is 11.7 Å². The van der Waals surface area contributed by atoms with Crippen LogP contribution >= 0.6 is 0 Å². The van der Waals surface area contributed by atoms with Crippen LogP contribution in [0.3, 0.4) is 0 Å². The van der Waals surface area contributed by atoms with Crippen molar-refractivity contribution in [1.29, 1.82) is 0 Å². The second-order valence-electron chi connectivity index (χ2n) is 6.20. The molecule has 6 nitrogen and oxygen atoms in total. The van der Waals surface area contributed by atoms with Gasteiger partial charge in [0, 0.05) is 44.6 Å². The minimum atomic E-state index is -0.0169. The molecule has 0 radical (unpaired) electrons. The first kappa shape index (κ1) is 16.4. The molecule has 6 heteroatoms. The molecule has 2 aromatic rings. The van der Waals surface area contributed by atoms with E-state index in [-0.39, 0.29) is 17.9 Å². The fourth-order valence-electron chi connectivity index (χ4n) is 3.11. The molecule has 126 valence electrons. The molecule has 0 N–H and O–H groups in total. The lowest BCUT2D eigenvalue weighted by atomic mass is 9.94. The standard InChI is InChI=1S/C18H23N5O/c1-14(16-5-3-4-8-20-16)22(2)18(24)15-6-11-23(12-7-15)17-13-19-9-10-21-17/h3-5,8-10,13-15H,6-7,11-12H2,1-2H3. The Balaban J connectivity index is 1.59. The maximum Gasteiger partial charge on any atom is 0.226 e. The molecule has 1 saturated heterocycles. The maximum atomic E-state index is 12.8. The van der Waals surface area contributed by atoms with Crippen molar-refractivity contribution in [3.8, 4) is 0 Å². The first-order valence-corrected chi connectivity index (χ1v) is 8.35. The fourth-order valence-corrected chi connectivity index (χ4v) is 3.11. The molecule has 24 heavy (non-hydrogen) atoms. The van der Waals surface area contributed by atoms with Gasteiger partial charge in [0.15, 0.2) is 0 Å². The molecular weight excluding hydrogens is 302 g/mol. The Hall–Kier alpha value is -2.50. The molecule has 3 heterocycles. The van der Waals surface area contributed by atoms with Gasteiger partial charge < -0.3 is 9.80 Å². The summed E-state index contributed by atoms with van der Waals surface area (Å²) in [5.41, 5.74) is 0.922. The molecular formula is C18H23N5O. The van der Waals surface area contributed by atoms with Crippen LogP contribution in [0.5, 0.6) is 0 Å². The zero-order valence-electron chi connectivity index (χ0n) is 14.2. The molecule has 0 aromatic carbocycles. The van der Waals surface area contributed by atoms with Crippen LogP contribution in [0.2, 0.25) is 0 Å². The number of carbonyl (C=O) groups excluding carboxylic acids is 1. The summed E-state index contributed by atoms with van der Waals surface area (Å²) in [6, 6.07) is 5.79. The van der Waals surface area contributed by atoms with E-state index in [1.165, 1.54) is 0 Å². The highest BCUT2D eigenvalue weighted by Gasteiger charge is 2.30. The van der Waals surface area contributed by atoms with Gasteiger partial charge in [0.2, 0.25) is 5.91 Å². The lowest BCUT2D eigenvalue weighted by Crippen LogP contribution is -2.42. The quantitative estimate of drug-likeness (QED) is 0.863. The van der Waals surface area contributed by atoms with Gasteiger partial charge in [-0.05, 0) is 31.9 Å². The summed E-state index contributed by atoms with van der Waals surface area (Å²) in [7, 11) is 1.87. The van der Waals surface area contributed by atoms with E-state index in [4.69, 9.17) is 0 Å². The van der Waals surface area contributed by atoms with Crippen LogP contribution in [0.1, 0.15) is 31.5 Å². The van der Waals surface area contributed by atoms with Crippen molar-refractivity contribution < 1.29 is 4.79 Å². The van der Waals surface area contributed by atoms with E-state index in [1.807, 2.05) is 37.1 Å². The minimum Gasteiger partial charge on any atom is -0.355 e. The van der Waals surface area contributed by atoms with Gasteiger partial charge in [-0.25, -0.2) is 4.98 Å². The van der Waals surface area contributed by atoms with Crippen LogP contribution in [0, 0.1) is 5.92 Å². The van der Waals surface area contributed by atoms with Crippen molar-refractivity contribution in [2.75, 3.05) is 25.0 Å². The minimum absolute atomic E-state index is 0.0169. The van der Waals surface area contributed by atoms with Crippen LogP contribution < -0.4 is 4.90 Å². The highest BCUT2D eigenvalue weighted by molar-refractivity contribution is 5.79. The zero-order valence-corrected chi connectivity index (χ0v) is 14.2. The number of nitrogens with zero attached hydrogens (tertiary/aromatic N) is 5. The SMILES string of the molecule is CC(c1ccccn1)N(C)C(=O)C1CCN(c2cnccn2)CC1. The molecule has 1 aliphatic heterocycles. The fraction of sp³-hybridized carbons (Fsp3) is 0.444. The molecule has 0 spiro atoms. The topological polar surface area (TPSA) is 62.2 Å². The number of anilines is 1. The molecule has 1 atom stereocenters. The van der Waals surface area contributed by atoms with Crippen LogP contribution in [0.25, 0.3) is 0 Å². The highest BCUT2D eigenvalue weighted by Crippen LogP contribution is 2.25. The molecule has 1 unspecified atom stereocenters. The summed E-state index contributed by atoms with van der Waals surface area (Å²) < 4.78 is 0. The number of amides is 1. The van der Waals surface area contributed by atoms with Gasteiger partial charge >= 0.3 is 0 Å². The Morgan fingerprint density at radius 3 is 2.62 bits per heavy atom. The molecule has 0 bridgehead atoms.